The molecule has 3 aromatic heterocycles. The van der Waals surface area contributed by atoms with Crippen molar-refractivity contribution >= 4 is 11.3 Å². The highest BCUT2D eigenvalue weighted by Gasteiger charge is 2.24. The van der Waals surface area contributed by atoms with Crippen molar-refractivity contribution in [2.45, 2.75) is 19.9 Å². The number of rotatable bonds is 4. The van der Waals surface area contributed by atoms with Gasteiger partial charge < -0.3 is 9.88 Å². The summed E-state index contributed by atoms with van der Waals surface area (Å²) in [6, 6.07) is 12.2. The Labute approximate surface area is 149 Å². The third-order valence-corrected chi connectivity index (χ3v) is 4.84. The number of aryl methyl sites for hydroxylation is 1. The van der Waals surface area contributed by atoms with Gasteiger partial charge in [0.25, 0.3) is 0 Å². The molecule has 130 valence electrons. The van der Waals surface area contributed by atoms with Crippen molar-refractivity contribution in [1.29, 1.82) is 0 Å². The molecule has 1 aliphatic rings. The van der Waals surface area contributed by atoms with Gasteiger partial charge in [-0.15, -0.1) is 20.4 Å². The molecule has 0 saturated carbocycles. The molecule has 4 heterocycles. The van der Waals surface area contributed by atoms with Crippen LogP contribution in [0.4, 0.5) is 5.69 Å². The zero-order chi connectivity index (χ0) is 17.5. The molecule has 5 rings (SSSR count). The summed E-state index contributed by atoms with van der Waals surface area (Å²) < 4.78 is 3.92. The van der Waals surface area contributed by atoms with Gasteiger partial charge in [0.2, 0.25) is 5.65 Å². The lowest BCUT2D eigenvalue weighted by atomic mass is 10.1. The van der Waals surface area contributed by atoms with Crippen molar-refractivity contribution < 1.29 is 0 Å². The number of hydrogen-bond donors (Lipinski definition) is 1. The van der Waals surface area contributed by atoms with Gasteiger partial charge in [0.1, 0.15) is 18.0 Å². The van der Waals surface area contributed by atoms with E-state index in [4.69, 9.17) is 0 Å². The highest BCUT2D eigenvalue weighted by Crippen LogP contribution is 2.25. The largest absolute Gasteiger partial charge is 0.382 e. The summed E-state index contributed by atoms with van der Waals surface area (Å²) in [4.78, 5) is 0. The lowest BCUT2D eigenvalue weighted by Gasteiger charge is -2.13. The zero-order valence-electron chi connectivity index (χ0n) is 14.4. The Balaban J connectivity index is 1.41. The van der Waals surface area contributed by atoms with Crippen LogP contribution in [0.5, 0.6) is 0 Å². The number of hydrogen-bond acceptors (Lipinski definition) is 6. The molecule has 0 amide bonds. The van der Waals surface area contributed by atoms with Crippen LogP contribution in [-0.2, 0) is 13.0 Å². The molecular formula is C18H18N8. The smallest absolute Gasteiger partial charge is 0.200 e. The van der Waals surface area contributed by atoms with Crippen molar-refractivity contribution in [2.75, 3.05) is 11.9 Å². The molecule has 0 spiro atoms. The molecular weight excluding hydrogens is 328 g/mol. The van der Waals surface area contributed by atoms with Crippen molar-refractivity contribution in [3.05, 3.63) is 54.4 Å². The number of nitrogens with one attached hydrogen (secondary N) is 1. The molecule has 0 saturated heterocycles. The zero-order valence-corrected chi connectivity index (χ0v) is 14.4. The number of fused-ring (bicyclic) bond motifs is 2. The van der Waals surface area contributed by atoms with Crippen LogP contribution in [0.25, 0.3) is 16.9 Å². The van der Waals surface area contributed by atoms with E-state index in [9.17, 15) is 0 Å². The predicted molar refractivity (Wildman–Crippen MR) is 96.7 cm³/mol. The van der Waals surface area contributed by atoms with E-state index in [0.717, 1.165) is 53.8 Å². The molecule has 0 radical (unpaired) electrons. The molecule has 8 nitrogen and oxygen atoms in total. The lowest BCUT2D eigenvalue weighted by Crippen LogP contribution is -2.17. The van der Waals surface area contributed by atoms with E-state index in [1.54, 1.807) is 10.8 Å². The minimum Gasteiger partial charge on any atom is -0.382 e. The molecule has 1 aromatic carbocycles. The number of benzene rings is 1. The average Bonchev–Trinajstić information content (AvgIpc) is 3.38. The first-order chi connectivity index (χ1) is 12.8. The maximum absolute atomic E-state index is 4.61. The Kier molecular flexibility index (Phi) is 3.41. The van der Waals surface area contributed by atoms with Crippen LogP contribution in [0.15, 0.2) is 42.7 Å². The Morgan fingerprint density at radius 1 is 1.15 bits per heavy atom. The maximum Gasteiger partial charge on any atom is 0.200 e. The van der Waals surface area contributed by atoms with Crippen LogP contribution >= 0.6 is 0 Å². The molecule has 0 bridgehead atoms. The van der Waals surface area contributed by atoms with E-state index < -0.39 is 0 Å². The van der Waals surface area contributed by atoms with E-state index in [2.05, 4.69) is 35.4 Å². The second-order valence-electron chi connectivity index (χ2n) is 6.63. The first kappa shape index (κ1) is 15.0. The third kappa shape index (κ3) is 2.50. The first-order valence-electron chi connectivity index (χ1n) is 8.67. The van der Waals surface area contributed by atoms with Gasteiger partial charge in [0, 0.05) is 31.0 Å². The summed E-state index contributed by atoms with van der Waals surface area (Å²) in [6.45, 7) is 3.78. The van der Waals surface area contributed by atoms with Crippen LogP contribution in [0, 0.1) is 12.8 Å². The molecule has 1 atom stereocenters. The summed E-state index contributed by atoms with van der Waals surface area (Å²) in [5.41, 5.74) is 3.63. The molecule has 0 fully saturated rings. The van der Waals surface area contributed by atoms with Gasteiger partial charge in [-0.05, 0) is 13.0 Å². The molecule has 26 heavy (non-hydrogen) atoms. The predicted octanol–water partition coefficient (Wildman–Crippen LogP) is 1.98. The Bertz CT molecular complexity index is 1070. The van der Waals surface area contributed by atoms with Gasteiger partial charge in [0.05, 0.1) is 11.4 Å². The van der Waals surface area contributed by atoms with Gasteiger partial charge >= 0.3 is 0 Å². The SMILES string of the molecule is Cc1nnc2n1CC(CNc1cc(-c3ccccc3)nn3cnnc13)C2. The standard InChI is InChI=1S/C18H18N8/c1-12-21-22-17-7-13(10-25(12)17)9-19-16-8-15(14-5-3-2-4-6-14)24-26-11-20-23-18(16)26/h2-6,8,11,13,19H,7,9-10H2,1H3. The van der Waals surface area contributed by atoms with Gasteiger partial charge in [-0.3, -0.25) is 0 Å². The third-order valence-electron chi connectivity index (χ3n) is 4.84. The quantitative estimate of drug-likeness (QED) is 0.608. The van der Waals surface area contributed by atoms with Gasteiger partial charge in [-0.25, -0.2) is 0 Å². The minimum absolute atomic E-state index is 0.482. The highest BCUT2D eigenvalue weighted by atomic mass is 15.3. The van der Waals surface area contributed by atoms with E-state index in [1.165, 1.54) is 0 Å². The monoisotopic (exact) mass is 346 g/mol. The second-order valence-corrected chi connectivity index (χ2v) is 6.63. The molecule has 1 unspecified atom stereocenters. The maximum atomic E-state index is 4.61. The molecule has 1 N–H and O–H groups in total. The second kappa shape index (κ2) is 5.91. The van der Waals surface area contributed by atoms with Crippen LogP contribution in [0.1, 0.15) is 11.6 Å². The summed E-state index contributed by atoms with van der Waals surface area (Å²) in [5, 5.41) is 24.7. The fourth-order valence-corrected chi connectivity index (χ4v) is 3.49. The lowest BCUT2D eigenvalue weighted by molar-refractivity contribution is 0.527. The highest BCUT2D eigenvalue weighted by molar-refractivity contribution is 5.73. The average molecular weight is 346 g/mol. The summed E-state index contributed by atoms with van der Waals surface area (Å²) in [7, 11) is 0. The number of anilines is 1. The van der Waals surface area contributed by atoms with Crippen LogP contribution < -0.4 is 5.32 Å². The molecule has 8 heteroatoms. The molecule has 1 aliphatic heterocycles. The topological polar surface area (TPSA) is 85.8 Å². The Hall–Kier alpha value is -3.29. The van der Waals surface area contributed by atoms with Crippen LogP contribution in [-0.4, -0.2) is 41.1 Å². The Morgan fingerprint density at radius 3 is 2.88 bits per heavy atom. The van der Waals surface area contributed by atoms with Crippen molar-refractivity contribution in [2.24, 2.45) is 5.92 Å². The summed E-state index contributed by atoms with van der Waals surface area (Å²) in [6.07, 6.45) is 2.57. The van der Waals surface area contributed by atoms with Crippen molar-refractivity contribution in [3.8, 4) is 11.3 Å². The molecule has 4 aromatic rings. The fraction of sp³-hybridized carbons (Fsp3) is 0.278. The van der Waals surface area contributed by atoms with Crippen LogP contribution in [0.3, 0.4) is 0 Å². The van der Waals surface area contributed by atoms with E-state index in [1.807, 2.05) is 43.3 Å². The fourth-order valence-electron chi connectivity index (χ4n) is 3.49. The molecule has 0 aliphatic carbocycles. The van der Waals surface area contributed by atoms with Crippen LogP contribution in [0.2, 0.25) is 0 Å². The van der Waals surface area contributed by atoms with E-state index in [-0.39, 0.29) is 0 Å². The summed E-state index contributed by atoms with van der Waals surface area (Å²) in [5.74, 6) is 2.54. The van der Waals surface area contributed by atoms with Gasteiger partial charge in [-0.1, -0.05) is 30.3 Å². The van der Waals surface area contributed by atoms with E-state index in [0.29, 0.717) is 5.92 Å². The minimum atomic E-state index is 0.482. The van der Waals surface area contributed by atoms with Crippen molar-refractivity contribution in [3.63, 3.8) is 0 Å². The first-order valence-corrected chi connectivity index (χ1v) is 8.67. The summed E-state index contributed by atoms with van der Waals surface area (Å²) >= 11 is 0. The van der Waals surface area contributed by atoms with E-state index >= 15 is 0 Å². The normalized spacial score (nSPS) is 16.1. The van der Waals surface area contributed by atoms with Gasteiger partial charge in [0.15, 0.2) is 0 Å². The van der Waals surface area contributed by atoms with Gasteiger partial charge in [-0.2, -0.15) is 9.61 Å². The van der Waals surface area contributed by atoms with Crippen molar-refractivity contribution in [1.82, 2.24) is 34.6 Å². The number of nitrogens with zero attached hydrogens (tertiary/aromatic N) is 7. The Morgan fingerprint density at radius 2 is 2.04 bits per heavy atom. The number of aromatic nitrogens is 7.